The van der Waals surface area contributed by atoms with Crippen molar-refractivity contribution in [3.63, 3.8) is 0 Å². The molecule has 0 saturated carbocycles. The van der Waals surface area contributed by atoms with Crippen molar-refractivity contribution in [1.29, 1.82) is 0 Å². The lowest BCUT2D eigenvalue weighted by molar-refractivity contribution is -0.134. The van der Waals surface area contributed by atoms with Crippen molar-refractivity contribution in [2.75, 3.05) is 13.2 Å². The van der Waals surface area contributed by atoms with E-state index in [-0.39, 0.29) is 18.1 Å². The Morgan fingerprint density at radius 2 is 1.88 bits per heavy atom. The van der Waals surface area contributed by atoms with E-state index >= 15 is 0 Å². The number of carbonyl (C=O) groups excluding carboxylic acids is 1. The summed E-state index contributed by atoms with van der Waals surface area (Å²) in [6.45, 7) is 5.06. The highest BCUT2D eigenvalue weighted by molar-refractivity contribution is 5.88. The van der Waals surface area contributed by atoms with Crippen molar-refractivity contribution < 1.29 is 19.4 Å². The minimum absolute atomic E-state index is 0.0174. The average molecular weight is 339 g/mol. The normalized spacial score (nSPS) is 13.3. The Morgan fingerprint density at radius 1 is 1.08 bits per heavy atom. The number of carboxylic acid groups (broad SMARTS) is 1. The molecule has 5 heteroatoms. The molecule has 5 nitrogen and oxygen atoms in total. The zero-order valence-corrected chi connectivity index (χ0v) is 14.4. The van der Waals surface area contributed by atoms with Gasteiger partial charge in [-0.05, 0) is 66.8 Å². The van der Waals surface area contributed by atoms with Gasteiger partial charge in [-0.1, -0.05) is 12.1 Å². The Kier molecular flexibility index (Phi) is 4.74. The van der Waals surface area contributed by atoms with Crippen LogP contribution in [-0.4, -0.2) is 35.0 Å². The molecule has 3 rings (SSSR count). The number of hydrogen-bond donors (Lipinski definition) is 1. The first-order chi connectivity index (χ1) is 11.9. The van der Waals surface area contributed by atoms with Gasteiger partial charge < -0.3 is 14.7 Å². The molecule has 0 bridgehead atoms. The predicted molar refractivity (Wildman–Crippen MR) is 93.9 cm³/mol. The monoisotopic (exact) mass is 339 g/mol. The van der Waals surface area contributed by atoms with Crippen LogP contribution in [0.25, 0.3) is 0 Å². The van der Waals surface area contributed by atoms with Gasteiger partial charge in [-0.3, -0.25) is 4.79 Å². The quantitative estimate of drug-likeness (QED) is 0.930. The fraction of sp³-hybridized carbons (Fsp3) is 0.300. The lowest BCUT2D eigenvalue weighted by atomic mass is 9.97. The summed E-state index contributed by atoms with van der Waals surface area (Å²) in [4.78, 5) is 25.3. The summed E-state index contributed by atoms with van der Waals surface area (Å²) in [5, 5.41) is 9.11. The molecule has 130 valence electrons. The van der Waals surface area contributed by atoms with Crippen molar-refractivity contribution >= 4 is 11.9 Å². The number of benzene rings is 2. The minimum Gasteiger partial charge on any atom is -0.484 e. The molecule has 25 heavy (non-hydrogen) atoms. The molecule has 0 aliphatic carbocycles. The molecule has 1 aliphatic heterocycles. The van der Waals surface area contributed by atoms with Crippen LogP contribution in [0.5, 0.6) is 5.75 Å². The number of carbonyl (C=O) groups is 2. The predicted octanol–water partition coefficient (Wildman–Crippen LogP) is 2.97. The second-order valence-corrected chi connectivity index (χ2v) is 6.39. The van der Waals surface area contributed by atoms with E-state index < -0.39 is 5.97 Å². The number of carboxylic acids is 1. The van der Waals surface area contributed by atoms with Crippen LogP contribution in [-0.2, 0) is 17.8 Å². The summed E-state index contributed by atoms with van der Waals surface area (Å²) < 4.78 is 5.62. The van der Waals surface area contributed by atoms with Crippen molar-refractivity contribution in [3.8, 4) is 5.75 Å². The van der Waals surface area contributed by atoms with Gasteiger partial charge in [-0.15, -0.1) is 0 Å². The molecule has 0 fully saturated rings. The van der Waals surface area contributed by atoms with Gasteiger partial charge in [0.1, 0.15) is 5.75 Å². The van der Waals surface area contributed by atoms with Crippen LogP contribution in [0.3, 0.4) is 0 Å². The third kappa shape index (κ3) is 3.82. The largest absolute Gasteiger partial charge is 0.484 e. The third-order valence-corrected chi connectivity index (χ3v) is 4.66. The van der Waals surface area contributed by atoms with Gasteiger partial charge in [0.15, 0.2) is 6.61 Å². The Morgan fingerprint density at radius 3 is 2.60 bits per heavy atom. The lowest BCUT2D eigenvalue weighted by Gasteiger charge is -2.29. The number of amides is 1. The van der Waals surface area contributed by atoms with E-state index in [0.29, 0.717) is 18.8 Å². The van der Waals surface area contributed by atoms with Crippen molar-refractivity contribution in [2.45, 2.75) is 26.8 Å². The molecule has 1 aliphatic rings. The van der Waals surface area contributed by atoms with Crippen molar-refractivity contribution in [1.82, 2.24) is 4.90 Å². The highest BCUT2D eigenvalue weighted by atomic mass is 16.5. The minimum atomic E-state index is -0.954. The van der Waals surface area contributed by atoms with E-state index in [9.17, 15) is 9.59 Å². The highest BCUT2D eigenvalue weighted by Crippen LogP contribution is 2.21. The van der Waals surface area contributed by atoms with E-state index in [1.165, 1.54) is 5.56 Å². The van der Waals surface area contributed by atoms with Crippen molar-refractivity contribution in [3.05, 3.63) is 64.2 Å². The van der Waals surface area contributed by atoms with E-state index in [2.05, 4.69) is 0 Å². The SMILES string of the molecule is Cc1ccc(OCC(=O)N2CCc3ccc(C(=O)O)cc3C2)cc1C. The zero-order valence-electron chi connectivity index (χ0n) is 14.4. The smallest absolute Gasteiger partial charge is 0.335 e. The Hall–Kier alpha value is -2.82. The first-order valence-corrected chi connectivity index (χ1v) is 8.27. The lowest BCUT2D eigenvalue weighted by Crippen LogP contribution is -2.38. The standard InChI is InChI=1S/C20H21NO4/c1-13-3-6-18(9-14(13)2)25-12-19(22)21-8-7-15-4-5-16(20(23)24)10-17(15)11-21/h3-6,9-10H,7-8,11-12H2,1-2H3,(H,23,24). The first-order valence-electron chi connectivity index (χ1n) is 8.27. The molecule has 0 saturated heterocycles. The maximum atomic E-state index is 12.4. The van der Waals surface area contributed by atoms with Crippen LogP contribution in [0.4, 0.5) is 0 Å². The average Bonchev–Trinajstić information content (AvgIpc) is 2.61. The first kappa shape index (κ1) is 17.0. The van der Waals surface area contributed by atoms with Gasteiger partial charge in [-0.25, -0.2) is 4.79 Å². The summed E-state index contributed by atoms with van der Waals surface area (Å²) in [5.41, 5.74) is 4.55. The molecule has 1 N–H and O–H groups in total. The number of aromatic carboxylic acids is 1. The number of hydrogen-bond acceptors (Lipinski definition) is 3. The Labute approximate surface area is 146 Å². The molecule has 0 atom stereocenters. The van der Waals surface area contributed by atoms with Crippen LogP contribution < -0.4 is 4.74 Å². The van der Waals surface area contributed by atoms with E-state index in [1.807, 2.05) is 38.1 Å². The zero-order chi connectivity index (χ0) is 18.0. The van der Waals surface area contributed by atoms with Crippen LogP contribution in [0.15, 0.2) is 36.4 Å². The molecule has 0 spiro atoms. The molecule has 1 amide bonds. The fourth-order valence-electron chi connectivity index (χ4n) is 2.94. The van der Waals surface area contributed by atoms with Crippen molar-refractivity contribution in [2.24, 2.45) is 0 Å². The summed E-state index contributed by atoms with van der Waals surface area (Å²) in [5.74, 6) is -0.365. The van der Waals surface area contributed by atoms with Crippen LogP contribution >= 0.6 is 0 Å². The maximum absolute atomic E-state index is 12.4. The molecular weight excluding hydrogens is 318 g/mol. The van der Waals surface area contributed by atoms with Crippen LogP contribution in [0.2, 0.25) is 0 Å². The Bertz CT molecular complexity index is 828. The number of nitrogens with zero attached hydrogens (tertiary/aromatic N) is 1. The molecular formula is C20H21NO4. The third-order valence-electron chi connectivity index (χ3n) is 4.66. The van der Waals surface area contributed by atoms with Crippen LogP contribution in [0.1, 0.15) is 32.6 Å². The fourth-order valence-corrected chi connectivity index (χ4v) is 2.94. The number of ether oxygens (including phenoxy) is 1. The van der Waals surface area contributed by atoms with Gasteiger partial charge in [0.25, 0.3) is 5.91 Å². The van der Waals surface area contributed by atoms with E-state index in [1.54, 1.807) is 17.0 Å². The summed E-state index contributed by atoms with van der Waals surface area (Å²) in [7, 11) is 0. The van der Waals surface area contributed by atoms with Crippen LogP contribution in [0, 0.1) is 13.8 Å². The van der Waals surface area contributed by atoms with Gasteiger partial charge in [-0.2, -0.15) is 0 Å². The van der Waals surface area contributed by atoms with Gasteiger partial charge >= 0.3 is 5.97 Å². The second kappa shape index (κ2) is 6.97. The molecule has 2 aromatic rings. The van der Waals surface area contributed by atoms with Gasteiger partial charge in [0.05, 0.1) is 5.56 Å². The summed E-state index contributed by atoms with van der Waals surface area (Å²) in [6, 6.07) is 10.9. The summed E-state index contributed by atoms with van der Waals surface area (Å²) >= 11 is 0. The van der Waals surface area contributed by atoms with E-state index in [0.717, 1.165) is 23.1 Å². The van der Waals surface area contributed by atoms with Gasteiger partial charge in [0.2, 0.25) is 0 Å². The van der Waals surface area contributed by atoms with Gasteiger partial charge in [0, 0.05) is 13.1 Å². The number of rotatable bonds is 4. The number of aryl methyl sites for hydroxylation is 2. The molecule has 0 unspecified atom stereocenters. The Balaban J connectivity index is 1.64. The van der Waals surface area contributed by atoms with E-state index in [4.69, 9.17) is 9.84 Å². The topological polar surface area (TPSA) is 66.8 Å². The number of fused-ring (bicyclic) bond motifs is 1. The summed E-state index contributed by atoms with van der Waals surface area (Å²) in [6.07, 6.45) is 0.727. The second-order valence-electron chi connectivity index (χ2n) is 6.39. The molecule has 0 aromatic heterocycles. The highest BCUT2D eigenvalue weighted by Gasteiger charge is 2.22. The maximum Gasteiger partial charge on any atom is 0.335 e. The molecule has 2 aromatic carbocycles. The molecule has 0 radical (unpaired) electrons. The molecule has 1 heterocycles.